The Labute approximate surface area is 147 Å². The molecular weight excluding hydrogens is 318 g/mol. The van der Waals surface area contributed by atoms with Crippen LogP contribution in [-0.2, 0) is 17.9 Å². The van der Waals surface area contributed by atoms with Gasteiger partial charge in [-0.3, -0.25) is 9.69 Å². The molecular formula is C17H23N7O. The summed E-state index contributed by atoms with van der Waals surface area (Å²) in [6, 6.07) is 5.93. The Hall–Kier alpha value is -2.48. The Morgan fingerprint density at radius 2 is 1.92 bits per heavy atom. The van der Waals surface area contributed by atoms with E-state index in [1.165, 1.54) is 0 Å². The van der Waals surface area contributed by atoms with Gasteiger partial charge >= 0.3 is 0 Å². The molecule has 8 nitrogen and oxygen atoms in total. The first-order valence-electron chi connectivity index (χ1n) is 8.75. The number of hydrogen-bond acceptors (Lipinski definition) is 6. The summed E-state index contributed by atoms with van der Waals surface area (Å²) < 4.78 is 2.13. The third-order valence-corrected chi connectivity index (χ3v) is 4.98. The SMILES string of the molecule is Cc1nnc2n1CCN(CC(=O)N1CCN(c3ccccn3)CC1)C2. The number of fused-ring (bicyclic) bond motifs is 1. The molecule has 0 aliphatic carbocycles. The highest BCUT2D eigenvalue weighted by atomic mass is 16.2. The normalized spacial score (nSPS) is 18.3. The molecule has 0 unspecified atom stereocenters. The van der Waals surface area contributed by atoms with Crippen molar-refractivity contribution in [3.05, 3.63) is 36.0 Å². The molecule has 2 aromatic heterocycles. The maximum Gasteiger partial charge on any atom is 0.236 e. The van der Waals surface area contributed by atoms with Gasteiger partial charge in [-0.15, -0.1) is 10.2 Å². The molecule has 0 saturated carbocycles. The highest BCUT2D eigenvalue weighted by Gasteiger charge is 2.26. The van der Waals surface area contributed by atoms with E-state index in [0.29, 0.717) is 13.1 Å². The van der Waals surface area contributed by atoms with Crippen LogP contribution in [0.1, 0.15) is 11.6 Å². The Balaban J connectivity index is 1.30. The van der Waals surface area contributed by atoms with Crippen LogP contribution >= 0.6 is 0 Å². The molecule has 2 aromatic rings. The van der Waals surface area contributed by atoms with E-state index in [2.05, 4.69) is 29.5 Å². The molecule has 8 heteroatoms. The van der Waals surface area contributed by atoms with Gasteiger partial charge in [0.2, 0.25) is 5.91 Å². The highest BCUT2D eigenvalue weighted by Crippen LogP contribution is 2.14. The van der Waals surface area contributed by atoms with Gasteiger partial charge in [0.1, 0.15) is 17.5 Å². The third kappa shape index (κ3) is 3.34. The standard InChI is InChI=1S/C17H23N7O/c1-14-19-20-16-12-21(6-11-24(14)16)13-17(25)23-9-7-22(8-10-23)15-4-2-3-5-18-15/h2-5H,6-13H2,1H3. The van der Waals surface area contributed by atoms with E-state index in [0.717, 1.165) is 56.7 Å². The van der Waals surface area contributed by atoms with E-state index >= 15 is 0 Å². The van der Waals surface area contributed by atoms with Crippen LogP contribution in [0.15, 0.2) is 24.4 Å². The first-order chi connectivity index (χ1) is 12.2. The van der Waals surface area contributed by atoms with E-state index < -0.39 is 0 Å². The zero-order valence-electron chi connectivity index (χ0n) is 14.5. The number of aryl methyl sites for hydroxylation is 1. The van der Waals surface area contributed by atoms with Crippen LogP contribution in [0.4, 0.5) is 5.82 Å². The second kappa shape index (κ2) is 6.79. The first kappa shape index (κ1) is 16.0. The minimum Gasteiger partial charge on any atom is -0.353 e. The summed E-state index contributed by atoms with van der Waals surface area (Å²) in [5, 5.41) is 8.32. The summed E-state index contributed by atoms with van der Waals surface area (Å²) in [5.41, 5.74) is 0. The predicted molar refractivity (Wildman–Crippen MR) is 93.1 cm³/mol. The van der Waals surface area contributed by atoms with Crippen LogP contribution < -0.4 is 4.90 Å². The van der Waals surface area contributed by atoms with Gasteiger partial charge in [0.25, 0.3) is 0 Å². The lowest BCUT2D eigenvalue weighted by molar-refractivity contribution is -0.133. The van der Waals surface area contributed by atoms with Crippen LogP contribution in [0.2, 0.25) is 0 Å². The fraction of sp³-hybridized carbons (Fsp3) is 0.529. The molecule has 1 amide bonds. The minimum atomic E-state index is 0.199. The van der Waals surface area contributed by atoms with Crippen LogP contribution in [0.3, 0.4) is 0 Å². The topological polar surface area (TPSA) is 70.4 Å². The summed E-state index contributed by atoms with van der Waals surface area (Å²) in [5.74, 6) is 3.09. The Morgan fingerprint density at radius 3 is 2.68 bits per heavy atom. The van der Waals surface area contributed by atoms with E-state index in [1.807, 2.05) is 36.2 Å². The molecule has 4 heterocycles. The van der Waals surface area contributed by atoms with Crippen molar-refractivity contribution in [2.24, 2.45) is 0 Å². The lowest BCUT2D eigenvalue weighted by Crippen LogP contribution is -2.52. The molecule has 1 fully saturated rings. The maximum atomic E-state index is 12.6. The molecule has 0 spiro atoms. The van der Waals surface area contributed by atoms with Crippen molar-refractivity contribution in [3.63, 3.8) is 0 Å². The fourth-order valence-electron chi connectivity index (χ4n) is 3.51. The number of carbonyl (C=O) groups is 1. The van der Waals surface area contributed by atoms with Crippen molar-refractivity contribution >= 4 is 11.7 Å². The fourth-order valence-corrected chi connectivity index (χ4v) is 3.51. The van der Waals surface area contributed by atoms with Crippen LogP contribution in [0.5, 0.6) is 0 Å². The second-order valence-electron chi connectivity index (χ2n) is 6.58. The zero-order chi connectivity index (χ0) is 17.2. The number of carbonyl (C=O) groups excluding carboxylic acids is 1. The van der Waals surface area contributed by atoms with Gasteiger partial charge in [-0.25, -0.2) is 4.98 Å². The van der Waals surface area contributed by atoms with Gasteiger partial charge in [0.05, 0.1) is 13.1 Å². The van der Waals surface area contributed by atoms with Crippen molar-refractivity contribution in [2.45, 2.75) is 20.0 Å². The number of aromatic nitrogens is 4. The van der Waals surface area contributed by atoms with Crippen LogP contribution in [0.25, 0.3) is 0 Å². The number of nitrogens with zero attached hydrogens (tertiary/aromatic N) is 7. The van der Waals surface area contributed by atoms with Crippen molar-refractivity contribution in [2.75, 3.05) is 44.2 Å². The highest BCUT2D eigenvalue weighted by molar-refractivity contribution is 5.78. The van der Waals surface area contributed by atoms with Gasteiger partial charge in [-0.2, -0.15) is 0 Å². The van der Waals surface area contributed by atoms with Crippen molar-refractivity contribution in [1.82, 2.24) is 29.5 Å². The van der Waals surface area contributed by atoms with Gasteiger partial charge < -0.3 is 14.4 Å². The van der Waals surface area contributed by atoms with Crippen LogP contribution in [-0.4, -0.2) is 74.7 Å². The molecule has 2 aliphatic rings. The lowest BCUT2D eigenvalue weighted by Gasteiger charge is -2.36. The molecule has 0 atom stereocenters. The molecule has 0 N–H and O–H groups in total. The first-order valence-corrected chi connectivity index (χ1v) is 8.75. The Bertz CT molecular complexity index is 737. The Morgan fingerprint density at radius 1 is 1.08 bits per heavy atom. The molecule has 2 aliphatic heterocycles. The average molecular weight is 341 g/mol. The number of rotatable bonds is 3. The molecule has 1 saturated heterocycles. The maximum absolute atomic E-state index is 12.6. The molecule has 25 heavy (non-hydrogen) atoms. The van der Waals surface area contributed by atoms with Crippen molar-refractivity contribution < 1.29 is 4.79 Å². The minimum absolute atomic E-state index is 0.199. The third-order valence-electron chi connectivity index (χ3n) is 4.98. The summed E-state index contributed by atoms with van der Waals surface area (Å²) in [4.78, 5) is 23.4. The number of piperazine rings is 1. The number of pyridine rings is 1. The molecule has 4 rings (SSSR count). The monoisotopic (exact) mass is 341 g/mol. The molecule has 0 bridgehead atoms. The Kier molecular flexibility index (Phi) is 4.35. The smallest absolute Gasteiger partial charge is 0.236 e. The number of amides is 1. The van der Waals surface area contributed by atoms with E-state index in [1.54, 1.807) is 0 Å². The molecule has 0 aromatic carbocycles. The van der Waals surface area contributed by atoms with E-state index in [-0.39, 0.29) is 5.91 Å². The van der Waals surface area contributed by atoms with Crippen LogP contribution in [0, 0.1) is 6.92 Å². The van der Waals surface area contributed by atoms with E-state index in [4.69, 9.17) is 0 Å². The van der Waals surface area contributed by atoms with Crippen molar-refractivity contribution in [1.29, 1.82) is 0 Å². The predicted octanol–water partition coefficient (Wildman–Crippen LogP) is 0.146. The van der Waals surface area contributed by atoms with Gasteiger partial charge in [0.15, 0.2) is 0 Å². The van der Waals surface area contributed by atoms with Gasteiger partial charge in [-0.1, -0.05) is 6.07 Å². The quantitative estimate of drug-likeness (QED) is 0.791. The van der Waals surface area contributed by atoms with Gasteiger partial charge in [0, 0.05) is 45.5 Å². The molecule has 0 radical (unpaired) electrons. The zero-order valence-corrected chi connectivity index (χ0v) is 14.5. The summed E-state index contributed by atoms with van der Waals surface area (Å²) >= 11 is 0. The second-order valence-corrected chi connectivity index (χ2v) is 6.58. The largest absolute Gasteiger partial charge is 0.353 e. The average Bonchev–Trinajstić information content (AvgIpc) is 3.03. The number of hydrogen-bond donors (Lipinski definition) is 0. The summed E-state index contributed by atoms with van der Waals surface area (Å²) in [6.07, 6.45) is 1.81. The molecule has 132 valence electrons. The lowest BCUT2D eigenvalue weighted by atomic mass is 10.2. The number of anilines is 1. The summed E-state index contributed by atoms with van der Waals surface area (Å²) in [7, 11) is 0. The van der Waals surface area contributed by atoms with Crippen molar-refractivity contribution in [3.8, 4) is 0 Å². The van der Waals surface area contributed by atoms with E-state index in [9.17, 15) is 4.79 Å². The van der Waals surface area contributed by atoms with Gasteiger partial charge in [-0.05, 0) is 19.1 Å². The summed E-state index contributed by atoms with van der Waals surface area (Å²) in [6.45, 7) is 8.00.